The van der Waals surface area contributed by atoms with Gasteiger partial charge in [0, 0.05) is 7.05 Å². The van der Waals surface area contributed by atoms with Crippen LogP contribution >= 0.6 is 0 Å². The topological polar surface area (TPSA) is 92.1 Å². The van der Waals surface area contributed by atoms with Gasteiger partial charge in [-0.25, -0.2) is 4.99 Å². The Morgan fingerprint density at radius 2 is 2.25 bits per heavy atom. The van der Waals surface area contributed by atoms with E-state index in [1.54, 1.807) is 6.26 Å². The number of furan rings is 1. The lowest BCUT2D eigenvalue weighted by Crippen LogP contribution is -2.28. The summed E-state index contributed by atoms with van der Waals surface area (Å²) in [6, 6.07) is 9.40. The Hall–Kier alpha value is -2.60. The fourth-order valence-electron chi connectivity index (χ4n) is 3.04. The Bertz CT molecular complexity index is 768. The van der Waals surface area contributed by atoms with Gasteiger partial charge in [-0.15, -0.1) is 0 Å². The molecular formula is C18H21N3O3. The zero-order chi connectivity index (χ0) is 17.3. The van der Waals surface area contributed by atoms with E-state index in [-0.39, 0.29) is 0 Å². The SMILES string of the molecule is CC(=Nc1ccc2c(c1)C(C(N)=O)C(O)C2)N(C)Cc1ccco1. The number of primary amides is 1. The number of nitrogens with two attached hydrogens (primary N) is 1. The number of hydrogen-bond acceptors (Lipinski definition) is 4. The standard InChI is InChI=1S/C18H21N3O3/c1-11(21(2)10-14-4-3-7-24-14)20-13-6-5-12-8-16(22)17(18(19)23)15(12)9-13/h3-7,9,16-17,22H,8,10H2,1-2H3,(H2,19,23). The lowest BCUT2D eigenvalue weighted by molar-refractivity contribution is -0.121. The number of aliphatic imine (C=N–C) groups is 1. The molecule has 1 aromatic heterocycles. The summed E-state index contributed by atoms with van der Waals surface area (Å²) in [5, 5.41) is 10.0. The molecule has 0 bridgehead atoms. The van der Waals surface area contributed by atoms with E-state index < -0.39 is 17.9 Å². The lowest BCUT2D eigenvalue weighted by Gasteiger charge is -2.17. The Morgan fingerprint density at radius 1 is 1.46 bits per heavy atom. The van der Waals surface area contributed by atoms with Crippen LogP contribution < -0.4 is 5.73 Å². The third-order valence-corrected chi connectivity index (χ3v) is 4.40. The number of nitrogens with zero attached hydrogens (tertiary/aromatic N) is 2. The lowest BCUT2D eigenvalue weighted by atomic mass is 9.99. The van der Waals surface area contributed by atoms with E-state index in [1.165, 1.54) is 0 Å². The number of aliphatic hydroxyl groups excluding tert-OH is 1. The normalized spacial score (nSPS) is 20.0. The van der Waals surface area contributed by atoms with Crippen LogP contribution in [0, 0.1) is 0 Å². The summed E-state index contributed by atoms with van der Waals surface area (Å²) in [5.41, 5.74) is 7.89. The molecule has 1 amide bonds. The van der Waals surface area contributed by atoms with Gasteiger partial charge in [0.1, 0.15) is 11.6 Å². The zero-order valence-corrected chi connectivity index (χ0v) is 13.8. The number of rotatable bonds is 4. The van der Waals surface area contributed by atoms with Gasteiger partial charge in [-0.2, -0.15) is 0 Å². The monoisotopic (exact) mass is 327 g/mol. The molecule has 2 unspecified atom stereocenters. The third kappa shape index (κ3) is 3.19. The Balaban J connectivity index is 1.82. The molecule has 1 aliphatic rings. The Labute approximate surface area is 140 Å². The van der Waals surface area contributed by atoms with E-state index in [4.69, 9.17) is 10.2 Å². The Kier molecular flexibility index (Phi) is 4.40. The molecule has 6 heteroatoms. The first kappa shape index (κ1) is 16.3. The molecule has 24 heavy (non-hydrogen) atoms. The average Bonchev–Trinajstić information content (AvgIpc) is 3.13. The summed E-state index contributed by atoms with van der Waals surface area (Å²) in [6.45, 7) is 2.53. The number of amidine groups is 1. The van der Waals surface area contributed by atoms with Crippen molar-refractivity contribution < 1.29 is 14.3 Å². The van der Waals surface area contributed by atoms with Crippen LogP contribution in [-0.4, -0.2) is 34.9 Å². The minimum Gasteiger partial charge on any atom is -0.467 e. The summed E-state index contributed by atoms with van der Waals surface area (Å²) in [5.74, 6) is 0.517. The van der Waals surface area contributed by atoms with Crippen LogP contribution in [0.3, 0.4) is 0 Å². The van der Waals surface area contributed by atoms with Crippen LogP contribution in [0.15, 0.2) is 46.0 Å². The summed E-state index contributed by atoms with van der Waals surface area (Å²) in [4.78, 5) is 18.2. The average molecular weight is 327 g/mol. The summed E-state index contributed by atoms with van der Waals surface area (Å²) in [6.07, 6.45) is 1.34. The number of hydrogen-bond donors (Lipinski definition) is 2. The van der Waals surface area contributed by atoms with Crippen molar-refractivity contribution in [1.82, 2.24) is 4.90 Å². The van der Waals surface area contributed by atoms with E-state index in [1.807, 2.05) is 49.2 Å². The van der Waals surface area contributed by atoms with Crippen LogP contribution in [0.2, 0.25) is 0 Å². The van der Waals surface area contributed by atoms with Crippen LogP contribution in [-0.2, 0) is 17.8 Å². The number of carbonyl (C=O) groups is 1. The second kappa shape index (κ2) is 6.49. The number of carbonyl (C=O) groups excluding carboxylic acids is 1. The maximum absolute atomic E-state index is 11.6. The van der Waals surface area contributed by atoms with Crippen LogP contribution in [0.1, 0.15) is 29.7 Å². The van der Waals surface area contributed by atoms with Gasteiger partial charge in [0.25, 0.3) is 0 Å². The van der Waals surface area contributed by atoms with E-state index in [0.29, 0.717) is 13.0 Å². The Morgan fingerprint density at radius 3 is 2.92 bits per heavy atom. The van der Waals surface area contributed by atoms with Crippen molar-refractivity contribution in [2.45, 2.75) is 31.9 Å². The van der Waals surface area contributed by atoms with Crippen molar-refractivity contribution >= 4 is 17.4 Å². The predicted molar refractivity (Wildman–Crippen MR) is 91.0 cm³/mol. The molecule has 1 aliphatic carbocycles. The highest BCUT2D eigenvalue weighted by Crippen LogP contribution is 2.35. The molecule has 0 saturated carbocycles. The van der Waals surface area contributed by atoms with Crippen molar-refractivity contribution in [2.75, 3.05) is 7.05 Å². The number of aliphatic hydroxyl groups is 1. The third-order valence-electron chi connectivity index (χ3n) is 4.40. The van der Waals surface area contributed by atoms with Gasteiger partial charge >= 0.3 is 0 Å². The molecule has 0 radical (unpaired) electrons. The van der Waals surface area contributed by atoms with Gasteiger partial charge in [-0.05, 0) is 48.7 Å². The first-order chi connectivity index (χ1) is 11.5. The minimum absolute atomic E-state index is 0.449. The molecule has 2 atom stereocenters. The molecular weight excluding hydrogens is 306 g/mol. The molecule has 3 rings (SSSR count). The van der Waals surface area contributed by atoms with Crippen molar-refractivity contribution in [3.63, 3.8) is 0 Å². The van der Waals surface area contributed by atoms with E-state index in [9.17, 15) is 9.90 Å². The van der Waals surface area contributed by atoms with E-state index in [0.717, 1.165) is 28.4 Å². The number of benzene rings is 1. The van der Waals surface area contributed by atoms with Gasteiger partial charge in [0.2, 0.25) is 5.91 Å². The second-order valence-corrected chi connectivity index (χ2v) is 6.13. The molecule has 0 aliphatic heterocycles. The molecule has 1 heterocycles. The van der Waals surface area contributed by atoms with Crippen LogP contribution in [0.5, 0.6) is 0 Å². The van der Waals surface area contributed by atoms with Crippen LogP contribution in [0.25, 0.3) is 0 Å². The zero-order valence-electron chi connectivity index (χ0n) is 13.8. The highest BCUT2D eigenvalue weighted by atomic mass is 16.3. The van der Waals surface area contributed by atoms with Gasteiger partial charge in [0.15, 0.2) is 0 Å². The molecule has 3 N–H and O–H groups in total. The quantitative estimate of drug-likeness (QED) is 0.663. The number of fused-ring (bicyclic) bond motifs is 1. The molecule has 6 nitrogen and oxygen atoms in total. The molecule has 0 spiro atoms. The first-order valence-corrected chi connectivity index (χ1v) is 7.84. The summed E-state index contributed by atoms with van der Waals surface area (Å²) < 4.78 is 5.34. The highest BCUT2D eigenvalue weighted by Gasteiger charge is 2.35. The molecule has 1 aromatic carbocycles. The first-order valence-electron chi connectivity index (χ1n) is 7.84. The second-order valence-electron chi connectivity index (χ2n) is 6.13. The fourth-order valence-corrected chi connectivity index (χ4v) is 3.04. The van der Waals surface area contributed by atoms with Crippen LogP contribution in [0.4, 0.5) is 5.69 Å². The molecule has 126 valence electrons. The maximum atomic E-state index is 11.6. The van der Waals surface area contributed by atoms with Crippen molar-refractivity contribution in [2.24, 2.45) is 10.7 Å². The number of amides is 1. The van der Waals surface area contributed by atoms with E-state index in [2.05, 4.69) is 4.99 Å². The van der Waals surface area contributed by atoms with Gasteiger partial charge in [-0.1, -0.05) is 6.07 Å². The van der Waals surface area contributed by atoms with E-state index >= 15 is 0 Å². The van der Waals surface area contributed by atoms with Gasteiger partial charge in [-0.3, -0.25) is 4.79 Å². The summed E-state index contributed by atoms with van der Waals surface area (Å²) in [7, 11) is 1.94. The molecule has 2 aromatic rings. The maximum Gasteiger partial charge on any atom is 0.227 e. The smallest absolute Gasteiger partial charge is 0.227 e. The summed E-state index contributed by atoms with van der Waals surface area (Å²) >= 11 is 0. The fraction of sp³-hybridized carbons (Fsp3) is 0.333. The van der Waals surface area contributed by atoms with Crippen molar-refractivity contribution in [3.05, 3.63) is 53.5 Å². The largest absolute Gasteiger partial charge is 0.467 e. The highest BCUT2D eigenvalue weighted by molar-refractivity contribution is 5.85. The van der Waals surface area contributed by atoms with Crippen molar-refractivity contribution in [3.8, 4) is 0 Å². The predicted octanol–water partition coefficient (Wildman–Crippen LogP) is 1.95. The minimum atomic E-state index is -0.751. The van der Waals surface area contributed by atoms with Crippen molar-refractivity contribution in [1.29, 1.82) is 0 Å². The molecule has 0 saturated heterocycles. The molecule has 0 fully saturated rings. The van der Waals surface area contributed by atoms with Gasteiger partial charge in [0.05, 0.1) is 30.5 Å². The van der Waals surface area contributed by atoms with Gasteiger partial charge < -0.3 is 20.2 Å².